The van der Waals surface area contributed by atoms with Gasteiger partial charge >= 0.3 is 5.63 Å². The Labute approximate surface area is 220 Å². The van der Waals surface area contributed by atoms with E-state index in [0.29, 0.717) is 60.6 Å². The molecular formula is C29H16Cl2N2O4. The summed E-state index contributed by atoms with van der Waals surface area (Å²) in [5.74, 6) is 0.0542. The Morgan fingerprint density at radius 1 is 0.757 bits per heavy atom. The zero-order valence-electron chi connectivity index (χ0n) is 19.0. The summed E-state index contributed by atoms with van der Waals surface area (Å²) >= 11 is 12.1. The van der Waals surface area contributed by atoms with Crippen LogP contribution in [0.2, 0.25) is 10.0 Å². The van der Waals surface area contributed by atoms with E-state index in [4.69, 9.17) is 32.0 Å². The van der Waals surface area contributed by atoms with Crippen LogP contribution in [0, 0.1) is 0 Å². The van der Waals surface area contributed by atoms with Crippen molar-refractivity contribution in [3.63, 3.8) is 0 Å². The first-order valence-corrected chi connectivity index (χ1v) is 12.0. The molecule has 8 heteroatoms. The molecule has 6 nitrogen and oxygen atoms in total. The first-order valence-electron chi connectivity index (χ1n) is 11.3. The minimum atomic E-state index is -0.467. The topological polar surface area (TPSA) is 85.3 Å². The number of halogens is 2. The number of carbonyl (C=O) groups is 1. The Hall–Kier alpha value is -4.39. The number of para-hydroxylation sites is 1. The van der Waals surface area contributed by atoms with Crippen LogP contribution in [0.1, 0.15) is 10.4 Å². The van der Waals surface area contributed by atoms with Crippen LogP contribution in [0.15, 0.2) is 105 Å². The highest BCUT2D eigenvalue weighted by Gasteiger charge is 2.14. The molecular weight excluding hydrogens is 511 g/mol. The molecule has 1 N–H and O–H groups in total. The smallest absolute Gasteiger partial charge is 0.344 e. The van der Waals surface area contributed by atoms with Gasteiger partial charge in [-0.1, -0.05) is 53.5 Å². The lowest BCUT2D eigenvalue weighted by molar-refractivity contribution is 0.102. The lowest BCUT2D eigenvalue weighted by Gasteiger charge is -2.07. The molecule has 37 heavy (non-hydrogen) atoms. The first kappa shape index (κ1) is 23.0. The van der Waals surface area contributed by atoms with Crippen molar-refractivity contribution in [3.05, 3.63) is 117 Å². The largest absolute Gasteiger partial charge is 0.436 e. The molecule has 0 aliphatic rings. The van der Waals surface area contributed by atoms with E-state index in [9.17, 15) is 9.59 Å². The molecule has 180 valence electrons. The lowest BCUT2D eigenvalue weighted by atomic mass is 10.0. The number of hydrogen-bond acceptors (Lipinski definition) is 5. The molecule has 0 unspecified atom stereocenters. The number of nitrogens with zero attached hydrogens (tertiary/aromatic N) is 1. The zero-order chi connectivity index (χ0) is 25.5. The Morgan fingerprint density at radius 2 is 1.62 bits per heavy atom. The second kappa shape index (κ2) is 9.24. The summed E-state index contributed by atoms with van der Waals surface area (Å²) in [6, 6.07) is 26.2. The summed E-state index contributed by atoms with van der Waals surface area (Å²) < 4.78 is 11.3. The van der Waals surface area contributed by atoms with Gasteiger partial charge in [-0.25, -0.2) is 9.78 Å². The molecule has 2 aromatic heterocycles. The summed E-state index contributed by atoms with van der Waals surface area (Å²) in [5, 5.41) is 4.52. The number of aromatic nitrogens is 1. The van der Waals surface area contributed by atoms with Crippen molar-refractivity contribution in [3.8, 4) is 22.6 Å². The third-order valence-corrected chi connectivity index (χ3v) is 6.63. The molecule has 0 atom stereocenters. The summed E-state index contributed by atoms with van der Waals surface area (Å²) in [4.78, 5) is 30.1. The van der Waals surface area contributed by atoms with E-state index in [1.165, 1.54) is 0 Å². The van der Waals surface area contributed by atoms with Crippen LogP contribution in [-0.2, 0) is 0 Å². The van der Waals surface area contributed by atoms with Gasteiger partial charge in [-0.3, -0.25) is 4.79 Å². The fourth-order valence-corrected chi connectivity index (χ4v) is 4.35. The van der Waals surface area contributed by atoms with Crippen LogP contribution >= 0.6 is 23.2 Å². The molecule has 0 aliphatic carbocycles. The van der Waals surface area contributed by atoms with Crippen LogP contribution in [0.5, 0.6) is 0 Å². The molecule has 0 bridgehead atoms. The van der Waals surface area contributed by atoms with Gasteiger partial charge in [-0.05, 0) is 66.2 Å². The first-order chi connectivity index (χ1) is 17.9. The molecule has 0 spiro atoms. The number of nitrogens with one attached hydrogen (secondary N) is 1. The molecule has 0 aliphatic heterocycles. The Bertz CT molecular complexity index is 1890. The zero-order valence-corrected chi connectivity index (χ0v) is 20.5. The van der Waals surface area contributed by atoms with Gasteiger partial charge in [0.2, 0.25) is 5.89 Å². The fourth-order valence-electron chi connectivity index (χ4n) is 4.05. The van der Waals surface area contributed by atoms with E-state index in [0.717, 1.165) is 5.39 Å². The van der Waals surface area contributed by atoms with E-state index in [2.05, 4.69) is 10.3 Å². The van der Waals surface area contributed by atoms with Gasteiger partial charge in [0.15, 0.2) is 5.58 Å². The van der Waals surface area contributed by atoms with Crippen LogP contribution < -0.4 is 10.9 Å². The molecule has 4 aromatic carbocycles. The number of rotatable bonds is 4. The summed E-state index contributed by atoms with van der Waals surface area (Å²) in [6.07, 6.45) is 0. The van der Waals surface area contributed by atoms with Crippen molar-refractivity contribution >= 4 is 56.9 Å². The summed E-state index contributed by atoms with van der Waals surface area (Å²) in [5.41, 5.74) is 3.76. The molecule has 0 saturated heterocycles. The van der Waals surface area contributed by atoms with Gasteiger partial charge in [-0.15, -0.1) is 0 Å². The highest BCUT2D eigenvalue weighted by molar-refractivity contribution is 6.42. The van der Waals surface area contributed by atoms with Gasteiger partial charge in [-0.2, -0.15) is 0 Å². The molecule has 6 rings (SSSR count). The molecule has 0 radical (unpaired) electrons. The number of hydrogen-bond donors (Lipinski definition) is 1. The van der Waals surface area contributed by atoms with Crippen LogP contribution in [0.4, 0.5) is 5.69 Å². The van der Waals surface area contributed by atoms with Crippen molar-refractivity contribution < 1.29 is 13.6 Å². The lowest BCUT2D eigenvalue weighted by Crippen LogP contribution is -2.12. The van der Waals surface area contributed by atoms with Crippen molar-refractivity contribution in [2.75, 3.05) is 5.32 Å². The number of amides is 1. The second-order valence-corrected chi connectivity index (χ2v) is 9.17. The minimum absolute atomic E-state index is 0.334. The second-order valence-electron chi connectivity index (χ2n) is 8.35. The highest BCUT2D eigenvalue weighted by Crippen LogP contribution is 2.31. The Balaban J connectivity index is 1.27. The van der Waals surface area contributed by atoms with E-state index in [1.807, 2.05) is 12.1 Å². The van der Waals surface area contributed by atoms with Crippen LogP contribution in [0.3, 0.4) is 0 Å². The predicted molar refractivity (Wildman–Crippen MR) is 145 cm³/mol. The van der Waals surface area contributed by atoms with Gasteiger partial charge in [0, 0.05) is 22.2 Å². The average Bonchev–Trinajstić information content (AvgIpc) is 3.33. The molecule has 2 heterocycles. The van der Waals surface area contributed by atoms with Crippen molar-refractivity contribution in [2.45, 2.75) is 0 Å². The third kappa shape index (κ3) is 4.48. The van der Waals surface area contributed by atoms with E-state index < -0.39 is 5.63 Å². The third-order valence-electron chi connectivity index (χ3n) is 5.89. The van der Waals surface area contributed by atoms with Crippen molar-refractivity contribution in [2.24, 2.45) is 0 Å². The monoisotopic (exact) mass is 526 g/mol. The number of carbonyl (C=O) groups excluding carboxylic acids is 1. The van der Waals surface area contributed by atoms with Crippen LogP contribution in [-0.4, -0.2) is 10.9 Å². The molecule has 6 aromatic rings. The Morgan fingerprint density at radius 3 is 2.49 bits per heavy atom. The van der Waals surface area contributed by atoms with Crippen molar-refractivity contribution in [1.29, 1.82) is 0 Å². The van der Waals surface area contributed by atoms with Gasteiger partial charge in [0.1, 0.15) is 11.1 Å². The fraction of sp³-hybridized carbons (Fsp3) is 0. The SMILES string of the molecule is O=C(Nc1ccc2oc(-c3ccc(Cl)c(Cl)c3)nc2c1)c1cccc(-c2cc3ccccc3oc2=O)c1. The molecule has 1 amide bonds. The molecule has 0 saturated carbocycles. The Kier molecular flexibility index (Phi) is 5.75. The summed E-state index contributed by atoms with van der Waals surface area (Å²) in [6.45, 7) is 0. The quantitative estimate of drug-likeness (QED) is 0.236. The van der Waals surface area contributed by atoms with Crippen LogP contribution in [0.25, 0.3) is 44.7 Å². The number of anilines is 1. The van der Waals surface area contributed by atoms with Gasteiger partial charge in [0.05, 0.1) is 15.6 Å². The number of fused-ring (bicyclic) bond motifs is 2. The normalized spacial score (nSPS) is 11.2. The van der Waals surface area contributed by atoms with Gasteiger partial charge < -0.3 is 14.2 Å². The van der Waals surface area contributed by atoms with E-state index >= 15 is 0 Å². The maximum absolute atomic E-state index is 13.0. The maximum atomic E-state index is 13.0. The average molecular weight is 527 g/mol. The van der Waals surface area contributed by atoms with E-state index in [1.54, 1.807) is 78.9 Å². The van der Waals surface area contributed by atoms with Crippen molar-refractivity contribution in [1.82, 2.24) is 4.98 Å². The molecule has 0 fully saturated rings. The van der Waals surface area contributed by atoms with E-state index in [-0.39, 0.29) is 5.91 Å². The standard InChI is InChI=1S/C29H16Cl2N2O4/c30-22-10-8-19(14-23(22)31)28-33-24-15-20(9-11-26(24)36-28)32-27(34)18-6-3-5-16(12-18)21-13-17-4-1-2-7-25(17)37-29(21)35/h1-15H,(H,32,34). The maximum Gasteiger partial charge on any atom is 0.344 e. The number of benzene rings is 4. The highest BCUT2D eigenvalue weighted by atomic mass is 35.5. The predicted octanol–water partition coefficient (Wildman–Crippen LogP) is 7.83. The number of oxazole rings is 1. The van der Waals surface area contributed by atoms with Gasteiger partial charge in [0.25, 0.3) is 5.91 Å². The minimum Gasteiger partial charge on any atom is -0.436 e. The summed E-state index contributed by atoms with van der Waals surface area (Å²) in [7, 11) is 0.